The molecule has 1 heterocycles. The fourth-order valence-corrected chi connectivity index (χ4v) is 2.74. The molecule has 0 aliphatic heterocycles. The predicted molar refractivity (Wildman–Crippen MR) is 109 cm³/mol. The highest BCUT2D eigenvalue weighted by atomic mass is 35.5. The number of aromatic nitrogens is 2. The standard InChI is InChI=1S/C19H17ClN4O5S/c20-13-6-8-15(9-7-13)27-10-16(25)21-22-17(26)12-30-19-24-23-18(29-19)11-28-14-4-2-1-3-5-14/h1-9H,10-12H2,(H,21,25)(H,22,26). The van der Waals surface area contributed by atoms with Crippen LogP contribution in [-0.4, -0.2) is 34.4 Å². The van der Waals surface area contributed by atoms with Crippen molar-refractivity contribution in [3.8, 4) is 11.5 Å². The zero-order valence-corrected chi connectivity index (χ0v) is 17.1. The molecule has 0 saturated heterocycles. The van der Waals surface area contributed by atoms with Gasteiger partial charge in [-0.25, -0.2) is 0 Å². The topological polar surface area (TPSA) is 116 Å². The van der Waals surface area contributed by atoms with E-state index in [2.05, 4.69) is 21.0 Å². The highest BCUT2D eigenvalue weighted by molar-refractivity contribution is 7.99. The number of carbonyl (C=O) groups is 2. The molecule has 156 valence electrons. The average molecular weight is 449 g/mol. The van der Waals surface area contributed by atoms with Crippen molar-refractivity contribution in [3.05, 3.63) is 65.5 Å². The Morgan fingerprint density at radius 3 is 2.40 bits per heavy atom. The Hall–Kier alpha value is -3.24. The summed E-state index contributed by atoms with van der Waals surface area (Å²) in [6.45, 7) is -0.142. The first-order chi connectivity index (χ1) is 14.6. The number of ether oxygens (including phenoxy) is 2. The van der Waals surface area contributed by atoms with Gasteiger partial charge in [0, 0.05) is 5.02 Å². The minimum absolute atomic E-state index is 0.0283. The van der Waals surface area contributed by atoms with Gasteiger partial charge in [0.2, 0.25) is 5.91 Å². The molecule has 1 aromatic heterocycles. The van der Waals surface area contributed by atoms with Crippen LogP contribution in [0.4, 0.5) is 0 Å². The monoisotopic (exact) mass is 448 g/mol. The van der Waals surface area contributed by atoms with E-state index in [4.69, 9.17) is 25.5 Å². The molecule has 2 aromatic carbocycles. The Balaban J connectivity index is 1.32. The SMILES string of the molecule is O=C(COc1ccc(Cl)cc1)NNC(=O)CSc1nnc(COc2ccccc2)o1. The van der Waals surface area contributed by atoms with Gasteiger partial charge in [-0.2, -0.15) is 0 Å². The molecule has 0 spiro atoms. The number of halogens is 1. The molecule has 0 radical (unpaired) electrons. The second kappa shape index (κ2) is 11.1. The molecule has 9 nitrogen and oxygen atoms in total. The van der Waals surface area contributed by atoms with Crippen molar-refractivity contribution in [1.29, 1.82) is 0 Å². The maximum absolute atomic E-state index is 11.8. The maximum atomic E-state index is 11.8. The van der Waals surface area contributed by atoms with Gasteiger partial charge in [0.25, 0.3) is 17.0 Å². The Morgan fingerprint density at radius 1 is 0.933 bits per heavy atom. The summed E-state index contributed by atoms with van der Waals surface area (Å²) in [5, 5.41) is 8.47. The number of carbonyl (C=O) groups excluding carboxylic acids is 2. The first kappa shape index (κ1) is 21.5. The molecular formula is C19H17ClN4O5S. The molecule has 0 aliphatic carbocycles. The summed E-state index contributed by atoms with van der Waals surface area (Å²) < 4.78 is 16.2. The highest BCUT2D eigenvalue weighted by Crippen LogP contribution is 2.17. The van der Waals surface area contributed by atoms with Crippen molar-refractivity contribution in [3.63, 3.8) is 0 Å². The van der Waals surface area contributed by atoms with E-state index < -0.39 is 11.8 Å². The van der Waals surface area contributed by atoms with E-state index >= 15 is 0 Å². The van der Waals surface area contributed by atoms with Gasteiger partial charge in [-0.3, -0.25) is 20.4 Å². The van der Waals surface area contributed by atoms with E-state index in [1.54, 1.807) is 24.3 Å². The number of hydrazine groups is 1. The normalized spacial score (nSPS) is 10.3. The van der Waals surface area contributed by atoms with Gasteiger partial charge >= 0.3 is 0 Å². The number of amides is 2. The molecule has 30 heavy (non-hydrogen) atoms. The second-order valence-corrected chi connectivity index (χ2v) is 7.05. The average Bonchev–Trinajstić information content (AvgIpc) is 3.23. The summed E-state index contributed by atoms with van der Waals surface area (Å²) in [6.07, 6.45) is 0. The molecule has 0 unspecified atom stereocenters. The van der Waals surface area contributed by atoms with Crippen molar-refractivity contribution in [2.45, 2.75) is 11.8 Å². The largest absolute Gasteiger partial charge is 0.484 e. The molecule has 0 saturated carbocycles. The Labute approximate surface area is 181 Å². The summed E-state index contributed by atoms with van der Waals surface area (Å²) >= 11 is 6.80. The quantitative estimate of drug-likeness (QED) is 0.379. The number of nitrogens with zero attached hydrogens (tertiary/aromatic N) is 2. The Bertz CT molecular complexity index is 969. The lowest BCUT2D eigenvalue weighted by Crippen LogP contribution is -2.44. The smallest absolute Gasteiger partial charge is 0.277 e. The van der Waals surface area contributed by atoms with Gasteiger partial charge < -0.3 is 13.9 Å². The van der Waals surface area contributed by atoms with Gasteiger partial charge in [-0.05, 0) is 36.4 Å². The number of benzene rings is 2. The molecule has 3 aromatic rings. The summed E-state index contributed by atoms with van der Waals surface area (Å²) in [7, 11) is 0. The van der Waals surface area contributed by atoms with Crippen LogP contribution in [-0.2, 0) is 16.2 Å². The van der Waals surface area contributed by atoms with Gasteiger partial charge in [0.05, 0.1) is 5.75 Å². The van der Waals surface area contributed by atoms with E-state index in [1.165, 1.54) is 0 Å². The van der Waals surface area contributed by atoms with E-state index in [0.717, 1.165) is 11.8 Å². The molecule has 0 fully saturated rings. The highest BCUT2D eigenvalue weighted by Gasteiger charge is 2.11. The fraction of sp³-hybridized carbons (Fsp3) is 0.158. The third-order valence-corrected chi connectivity index (χ3v) is 4.48. The van der Waals surface area contributed by atoms with Gasteiger partial charge in [0.1, 0.15) is 11.5 Å². The summed E-state index contributed by atoms with van der Waals surface area (Å²) in [5.74, 6) is 0.468. The summed E-state index contributed by atoms with van der Waals surface area (Å²) in [6, 6.07) is 15.8. The van der Waals surface area contributed by atoms with Crippen LogP contribution in [0.2, 0.25) is 5.02 Å². The number of hydrogen-bond donors (Lipinski definition) is 2. The Morgan fingerprint density at radius 2 is 1.63 bits per heavy atom. The van der Waals surface area contributed by atoms with Crippen LogP contribution in [0.15, 0.2) is 64.2 Å². The molecule has 2 N–H and O–H groups in total. The molecule has 11 heteroatoms. The summed E-state index contributed by atoms with van der Waals surface area (Å²) in [5.41, 5.74) is 4.53. The van der Waals surface area contributed by atoms with Crippen LogP contribution >= 0.6 is 23.4 Å². The van der Waals surface area contributed by atoms with Crippen molar-refractivity contribution >= 4 is 35.2 Å². The number of hydrogen-bond acceptors (Lipinski definition) is 8. The zero-order chi connectivity index (χ0) is 21.2. The third-order valence-electron chi connectivity index (χ3n) is 3.41. The van der Waals surface area contributed by atoms with E-state index in [1.807, 2.05) is 30.3 Å². The fourth-order valence-electron chi connectivity index (χ4n) is 2.04. The Kier molecular flexibility index (Phi) is 7.93. The lowest BCUT2D eigenvalue weighted by molar-refractivity contribution is -0.128. The van der Waals surface area contributed by atoms with E-state index in [0.29, 0.717) is 16.5 Å². The number of thioether (sulfide) groups is 1. The number of rotatable bonds is 9. The number of para-hydroxylation sites is 1. The van der Waals surface area contributed by atoms with Crippen molar-refractivity contribution in [2.75, 3.05) is 12.4 Å². The third kappa shape index (κ3) is 7.30. The van der Waals surface area contributed by atoms with Gasteiger partial charge in [0.15, 0.2) is 13.2 Å². The molecule has 0 atom stereocenters. The lowest BCUT2D eigenvalue weighted by Gasteiger charge is -2.08. The second-order valence-electron chi connectivity index (χ2n) is 5.69. The van der Waals surface area contributed by atoms with Crippen molar-refractivity contribution in [2.24, 2.45) is 0 Å². The van der Waals surface area contributed by atoms with Crippen LogP contribution in [0.1, 0.15) is 5.89 Å². The van der Waals surface area contributed by atoms with E-state index in [9.17, 15) is 9.59 Å². The van der Waals surface area contributed by atoms with Crippen LogP contribution in [0, 0.1) is 0 Å². The first-order valence-electron chi connectivity index (χ1n) is 8.67. The zero-order valence-electron chi connectivity index (χ0n) is 15.5. The van der Waals surface area contributed by atoms with Crippen LogP contribution in [0.3, 0.4) is 0 Å². The number of nitrogens with one attached hydrogen (secondary N) is 2. The molecule has 0 aliphatic rings. The maximum Gasteiger partial charge on any atom is 0.277 e. The van der Waals surface area contributed by atoms with Crippen molar-refractivity contribution in [1.82, 2.24) is 21.0 Å². The molecule has 2 amide bonds. The minimum atomic E-state index is -0.513. The van der Waals surface area contributed by atoms with E-state index in [-0.39, 0.29) is 30.1 Å². The lowest BCUT2D eigenvalue weighted by atomic mass is 10.3. The van der Waals surface area contributed by atoms with Crippen LogP contribution in [0.25, 0.3) is 0 Å². The van der Waals surface area contributed by atoms with Crippen LogP contribution in [0.5, 0.6) is 11.5 Å². The van der Waals surface area contributed by atoms with Crippen molar-refractivity contribution < 1.29 is 23.5 Å². The minimum Gasteiger partial charge on any atom is -0.484 e. The van der Waals surface area contributed by atoms with Crippen LogP contribution < -0.4 is 20.3 Å². The van der Waals surface area contributed by atoms with Gasteiger partial charge in [-0.15, -0.1) is 10.2 Å². The molecular weight excluding hydrogens is 432 g/mol. The molecule has 3 rings (SSSR count). The predicted octanol–water partition coefficient (Wildman–Crippen LogP) is 2.62. The summed E-state index contributed by atoms with van der Waals surface area (Å²) in [4.78, 5) is 23.5. The van der Waals surface area contributed by atoms with Gasteiger partial charge in [-0.1, -0.05) is 41.6 Å². The molecule has 0 bridgehead atoms. The first-order valence-corrected chi connectivity index (χ1v) is 10.0.